The predicted octanol–water partition coefficient (Wildman–Crippen LogP) is 3.20. The molecule has 0 fully saturated rings. The van der Waals surface area contributed by atoms with Crippen LogP contribution in [0, 0.1) is 0 Å². The highest BCUT2D eigenvalue weighted by molar-refractivity contribution is 6.30. The maximum Gasteiger partial charge on any atom is 0.270 e. The van der Waals surface area contributed by atoms with Gasteiger partial charge in [0.25, 0.3) is 6.43 Å². The van der Waals surface area contributed by atoms with Crippen LogP contribution in [0.4, 0.5) is 8.78 Å². The Balaban J connectivity index is 3.06. The summed E-state index contributed by atoms with van der Waals surface area (Å²) in [4.78, 5) is 0. The minimum Gasteiger partial charge on any atom is -0.379 e. The molecule has 0 aromatic heterocycles. The van der Waals surface area contributed by atoms with Crippen molar-refractivity contribution in [2.24, 2.45) is 0 Å². The van der Waals surface area contributed by atoms with Gasteiger partial charge in [0.05, 0.1) is 0 Å². The van der Waals surface area contributed by atoms with Gasteiger partial charge in [0.15, 0.2) is 0 Å². The van der Waals surface area contributed by atoms with Crippen LogP contribution in [0.15, 0.2) is 24.3 Å². The molecule has 4 heteroatoms. The molecule has 0 saturated heterocycles. The first-order valence-corrected chi connectivity index (χ1v) is 4.65. The lowest BCUT2D eigenvalue weighted by Gasteiger charge is -2.26. The number of benzene rings is 1. The van der Waals surface area contributed by atoms with Crippen LogP contribution in [0.5, 0.6) is 0 Å². The van der Waals surface area contributed by atoms with Gasteiger partial charge in [-0.1, -0.05) is 30.7 Å². The molecule has 0 heterocycles. The van der Waals surface area contributed by atoms with E-state index in [1.54, 1.807) is 0 Å². The van der Waals surface area contributed by atoms with Crippen LogP contribution in [-0.4, -0.2) is 11.5 Å². The lowest BCUT2D eigenvalue weighted by Crippen LogP contribution is -2.33. The molecule has 0 bridgehead atoms. The number of hydrogen-bond acceptors (Lipinski definition) is 1. The Labute approximate surface area is 86.3 Å². The largest absolute Gasteiger partial charge is 0.379 e. The Morgan fingerprint density at radius 2 is 1.86 bits per heavy atom. The summed E-state index contributed by atoms with van der Waals surface area (Å²) in [5, 5.41) is 10.1. The lowest BCUT2D eigenvalue weighted by molar-refractivity contribution is -0.104. The van der Waals surface area contributed by atoms with Crippen LogP contribution in [0.2, 0.25) is 5.02 Å². The molecule has 0 aliphatic carbocycles. The molecule has 78 valence electrons. The number of halogens is 3. The maximum absolute atomic E-state index is 12.6. The standard InChI is InChI=1S/C10H11ClF2O/c1-2-10(14,9(12)13)7-3-5-8(11)6-4-7/h3-6,9,14H,2H2,1H3. The van der Waals surface area contributed by atoms with E-state index in [9.17, 15) is 13.9 Å². The van der Waals surface area contributed by atoms with Crippen LogP contribution in [0.3, 0.4) is 0 Å². The van der Waals surface area contributed by atoms with Crippen molar-refractivity contribution in [3.05, 3.63) is 34.9 Å². The van der Waals surface area contributed by atoms with Gasteiger partial charge in [0, 0.05) is 5.02 Å². The van der Waals surface area contributed by atoms with Gasteiger partial charge in [0.2, 0.25) is 0 Å². The van der Waals surface area contributed by atoms with Gasteiger partial charge in [-0.25, -0.2) is 8.78 Å². The molecule has 0 aliphatic rings. The molecule has 0 amide bonds. The van der Waals surface area contributed by atoms with Gasteiger partial charge >= 0.3 is 0 Å². The van der Waals surface area contributed by atoms with Crippen molar-refractivity contribution in [3.8, 4) is 0 Å². The van der Waals surface area contributed by atoms with Crippen molar-refractivity contribution in [3.63, 3.8) is 0 Å². The quantitative estimate of drug-likeness (QED) is 0.830. The van der Waals surface area contributed by atoms with Crippen molar-refractivity contribution in [1.29, 1.82) is 0 Å². The van der Waals surface area contributed by atoms with E-state index < -0.39 is 12.0 Å². The fourth-order valence-corrected chi connectivity index (χ4v) is 1.35. The fraction of sp³-hybridized carbons (Fsp3) is 0.400. The van der Waals surface area contributed by atoms with Crippen LogP contribution >= 0.6 is 11.6 Å². The second-order valence-electron chi connectivity index (χ2n) is 3.09. The molecule has 1 rings (SSSR count). The first kappa shape index (κ1) is 11.4. The summed E-state index contributed by atoms with van der Waals surface area (Å²) in [5.41, 5.74) is -1.87. The third-order valence-corrected chi connectivity index (χ3v) is 2.50. The molecular formula is C10H11ClF2O. The number of rotatable bonds is 3. The van der Waals surface area contributed by atoms with Crippen LogP contribution < -0.4 is 0 Å². The van der Waals surface area contributed by atoms with E-state index in [0.717, 1.165) is 0 Å². The summed E-state index contributed by atoms with van der Waals surface area (Å²) in [6.07, 6.45) is -2.83. The highest BCUT2D eigenvalue weighted by atomic mass is 35.5. The van der Waals surface area contributed by atoms with E-state index in [4.69, 9.17) is 11.6 Å². The zero-order valence-electron chi connectivity index (χ0n) is 7.67. The van der Waals surface area contributed by atoms with E-state index in [1.807, 2.05) is 0 Å². The monoisotopic (exact) mass is 220 g/mol. The highest BCUT2D eigenvalue weighted by Gasteiger charge is 2.37. The number of alkyl halides is 2. The topological polar surface area (TPSA) is 20.2 Å². The molecule has 1 atom stereocenters. The first-order valence-electron chi connectivity index (χ1n) is 4.27. The van der Waals surface area contributed by atoms with Gasteiger partial charge in [-0.05, 0) is 24.1 Å². The van der Waals surface area contributed by atoms with Crippen LogP contribution in [0.1, 0.15) is 18.9 Å². The normalized spacial score (nSPS) is 15.6. The van der Waals surface area contributed by atoms with E-state index in [2.05, 4.69) is 0 Å². The zero-order chi connectivity index (χ0) is 10.8. The Bertz CT molecular complexity index is 299. The molecule has 0 radical (unpaired) electrons. The summed E-state index contributed by atoms with van der Waals surface area (Å²) in [5.74, 6) is 0. The maximum atomic E-state index is 12.6. The van der Waals surface area contributed by atoms with Gasteiger partial charge in [-0.15, -0.1) is 0 Å². The Morgan fingerprint density at radius 1 is 1.36 bits per heavy atom. The molecule has 1 nitrogen and oxygen atoms in total. The molecule has 14 heavy (non-hydrogen) atoms. The van der Waals surface area contributed by atoms with E-state index in [0.29, 0.717) is 5.02 Å². The SMILES string of the molecule is CCC(O)(c1ccc(Cl)cc1)C(F)F. The second kappa shape index (κ2) is 4.24. The fourth-order valence-electron chi connectivity index (χ4n) is 1.22. The minimum atomic E-state index is -2.80. The van der Waals surface area contributed by atoms with Crippen molar-refractivity contribution in [1.82, 2.24) is 0 Å². The second-order valence-corrected chi connectivity index (χ2v) is 3.52. The van der Waals surface area contributed by atoms with Crippen molar-refractivity contribution >= 4 is 11.6 Å². The van der Waals surface area contributed by atoms with Crippen molar-refractivity contribution in [2.45, 2.75) is 25.4 Å². The first-order chi connectivity index (χ1) is 6.50. The van der Waals surface area contributed by atoms with Crippen LogP contribution in [0.25, 0.3) is 0 Å². The number of aliphatic hydroxyl groups is 1. The summed E-state index contributed by atoms with van der Waals surface area (Å²) in [7, 11) is 0. The summed E-state index contributed by atoms with van der Waals surface area (Å²) in [6, 6.07) is 5.80. The average Bonchev–Trinajstić information content (AvgIpc) is 2.17. The Kier molecular flexibility index (Phi) is 3.45. The van der Waals surface area contributed by atoms with E-state index >= 15 is 0 Å². The van der Waals surface area contributed by atoms with Gasteiger partial charge in [-0.2, -0.15) is 0 Å². The van der Waals surface area contributed by atoms with Crippen molar-refractivity contribution < 1.29 is 13.9 Å². The van der Waals surface area contributed by atoms with Crippen LogP contribution in [-0.2, 0) is 5.60 Å². The van der Waals surface area contributed by atoms with Gasteiger partial charge < -0.3 is 5.11 Å². The van der Waals surface area contributed by atoms with Gasteiger partial charge in [0.1, 0.15) is 5.60 Å². The molecule has 1 aromatic carbocycles. The van der Waals surface area contributed by atoms with Crippen molar-refractivity contribution in [2.75, 3.05) is 0 Å². The van der Waals surface area contributed by atoms with Gasteiger partial charge in [-0.3, -0.25) is 0 Å². The highest BCUT2D eigenvalue weighted by Crippen LogP contribution is 2.32. The molecule has 1 N–H and O–H groups in total. The molecule has 0 spiro atoms. The summed E-state index contributed by atoms with van der Waals surface area (Å²) < 4.78 is 25.2. The predicted molar refractivity (Wildman–Crippen MR) is 51.6 cm³/mol. The molecule has 1 unspecified atom stereocenters. The average molecular weight is 221 g/mol. The van der Waals surface area contributed by atoms with E-state index in [-0.39, 0.29) is 12.0 Å². The molecular weight excluding hydrogens is 210 g/mol. The summed E-state index contributed by atoms with van der Waals surface area (Å²) >= 11 is 5.62. The smallest absolute Gasteiger partial charge is 0.270 e. The third-order valence-electron chi connectivity index (χ3n) is 2.24. The number of hydrogen-bond donors (Lipinski definition) is 1. The molecule has 1 aromatic rings. The lowest BCUT2D eigenvalue weighted by atomic mass is 9.92. The third kappa shape index (κ3) is 2.04. The summed E-state index contributed by atoms with van der Waals surface area (Å²) in [6.45, 7) is 1.51. The zero-order valence-corrected chi connectivity index (χ0v) is 8.43. The van der Waals surface area contributed by atoms with E-state index in [1.165, 1.54) is 31.2 Å². The minimum absolute atomic E-state index is 0.0354. The molecule has 0 aliphatic heterocycles. The Morgan fingerprint density at radius 3 is 2.21 bits per heavy atom. The Hall–Kier alpha value is -0.670. The molecule has 0 saturated carbocycles.